The van der Waals surface area contributed by atoms with Gasteiger partial charge in [-0.3, -0.25) is 4.79 Å². The van der Waals surface area contributed by atoms with E-state index >= 15 is 0 Å². The molecule has 3 rings (SSSR count). The maximum atomic E-state index is 13.4. The predicted octanol–water partition coefficient (Wildman–Crippen LogP) is 6.43. The molecule has 0 fully saturated rings. The van der Waals surface area contributed by atoms with E-state index in [0.29, 0.717) is 0 Å². The second-order valence-corrected chi connectivity index (χ2v) is 8.52. The maximum absolute atomic E-state index is 13.4. The Kier molecular flexibility index (Phi) is 6.70. The molecule has 0 saturated carbocycles. The largest absolute Gasteiger partial charge is 0.325 e. The molecule has 0 aromatic heterocycles. The lowest BCUT2D eigenvalue weighted by atomic mass is 10.0. The van der Waals surface area contributed by atoms with E-state index < -0.39 is 0 Å². The Labute approximate surface area is 174 Å². The molecule has 3 aromatic carbocycles. The van der Waals surface area contributed by atoms with Gasteiger partial charge in [0.05, 0.1) is 10.5 Å². The Morgan fingerprint density at radius 3 is 1.86 bits per heavy atom. The summed E-state index contributed by atoms with van der Waals surface area (Å²) in [6, 6.07) is 18.3. The van der Waals surface area contributed by atoms with Gasteiger partial charge in [0.15, 0.2) is 0 Å². The van der Waals surface area contributed by atoms with Crippen molar-refractivity contribution in [2.75, 3.05) is 5.32 Å². The second-order valence-electron chi connectivity index (χ2n) is 7.07. The summed E-state index contributed by atoms with van der Waals surface area (Å²) in [6.45, 7) is 5.80. The molecule has 0 bridgehead atoms. The zero-order chi connectivity index (χ0) is 21.0. The molecule has 1 N–H and O–H groups in total. The van der Waals surface area contributed by atoms with Crippen molar-refractivity contribution in [3.05, 3.63) is 101 Å². The monoisotopic (exact) mass is 411 g/mol. The van der Waals surface area contributed by atoms with Crippen LogP contribution in [0.2, 0.25) is 0 Å². The summed E-state index contributed by atoms with van der Waals surface area (Å²) >= 11 is 1.44. The molecule has 3 aromatic rings. The number of hydrogen-bond donors (Lipinski definition) is 1. The Bertz CT molecular complexity index is 941. The van der Waals surface area contributed by atoms with Gasteiger partial charge in [-0.25, -0.2) is 8.78 Å². The van der Waals surface area contributed by atoms with Crippen LogP contribution in [-0.4, -0.2) is 11.2 Å². The van der Waals surface area contributed by atoms with Crippen LogP contribution in [0.1, 0.15) is 34.4 Å². The summed E-state index contributed by atoms with van der Waals surface area (Å²) in [5.74, 6) is -0.759. The Morgan fingerprint density at radius 2 is 1.38 bits per heavy atom. The summed E-state index contributed by atoms with van der Waals surface area (Å²) in [4.78, 5) is 12.8. The normalized spacial score (nSPS) is 12.1. The smallest absolute Gasteiger partial charge is 0.237 e. The third kappa shape index (κ3) is 5.45. The Balaban J connectivity index is 1.81. The van der Waals surface area contributed by atoms with Gasteiger partial charge in [0.1, 0.15) is 11.6 Å². The number of benzene rings is 3. The SMILES string of the molecule is Cc1ccc(NC(=O)C(C)SC(c2ccc(F)cc2)c2ccc(F)cc2)c(C)c1. The lowest BCUT2D eigenvalue weighted by Crippen LogP contribution is -2.24. The van der Waals surface area contributed by atoms with E-state index in [2.05, 4.69) is 5.32 Å². The quantitative estimate of drug-likeness (QED) is 0.506. The van der Waals surface area contributed by atoms with E-state index in [1.54, 1.807) is 24.3 Å². The zero-order valence-corrected chi connectivity index (χ0v) is 17.4. The molecule has 1 atom stereocenters. The molecule has 0 aliphatic rings. The van der Waals surface area contributed by atoms with Gasteiger partial charge in [0, 0.05) is 5.69 Å². The number of nitrogens with one attached hydrogen (secondary N) is 1. The highest BCUT2D eigenvalue weighted by molar-refractivity contribution is 8.01. The number of anilines is 1. The number of halogens is 2. The van der Waals surface area contributed by atoms with Crippen LogP contribution in [0.25, 0.3) is 0 Å². The number of carbonyl (C=O) groups is 1. The molecule has 1 unspecified atom stereocenters. The molecular formula is C24H23F2NOS. The third-order valence-electron chi connectivity index (χ3n) is 4.69. The topological polar surface area (TPSA) is 29.1 Å². The van der Waals surface area contributed by atoms with Crippen molar-refractivity contribution in [1.82, 2.24) is 0 Å². The minimum atomic E-state index is -0.379. The lowest BCUT2D eigenvalue weighted by Gasteiger charge is -2.22. The van der Waals surface area contributed by atoms with Crippen molar-refractivity contribution in [3.8, 4) is 0 Å². The van der Waals surface area contributed by atoms with Gasteiger partial charge in [0.2, 0.25) is 5.91 Å². The van der Waals surface area contributed by atoms with Crippen LogP contribution in [0.3, 0.4) is 0 Å². The standard InChI is InChI=1S/C24H23F2NOS/c1-15-4-13-22(16(2)14-15)27-24(28)17(3)29-23(18-5-9-20(25)10-6-18)19-7-11-21(26)12-8-19/h4-14,17,23H,1-3H3,(H,27,28). The molecule has 29 heavy (non-hydrogen) atoms. The van der Waals surface area contributed by atoms with E-state index in [1.165, 1.54) is 36.0 Å². The van der Waals surface area contributed by atoms with Crippen molar-refractivity contribution >= 4 is 23.4 Å². The molecule has 0 aliphatic carbocycles. The van der Waals surface area contributed by atoms with Gasteiger partial charge in [-0.2, -0.15) is 0 Å². The van der Waals surface area contributed by atoms with Gasteiger partial charge < -0.3 is 5.32 Å². The molecule has 0 aliphatic heterocycles. The molecule has 0 heterocycles. The minimum absolute atomic E-state index is 0.115. The van der Waals surface area contributed by atoms with Crippen LogP contribution in [0.4, 0.5) is 14.5 Å². The van der Waals surface area contributed by atoms with E-state index in [0.717, 1.165) is 27.9 Å². The molecule has 0 saturated heterocycles. The average molecular weight is 412 g/mol. The summed E-state index contributed by atoms with van der Waals surface area (Å²) in [7, 11) is 0. The summed E-state index contributed by atoms with van der Waals surface area (Å²) in [5, 5.41) is 2.38. The first-order chi connectivity index (χ1) is 13.8. The number of thioether (sulfide) groups is 1. The first-order valence-electron chi connectivity index (χ1n) is 9.38. The molecule has 2 nitrogen and oxygen atoms in total. The van der Waals surface area contributed by atoms with Crippen LogP contribution in [0.5, 0.6) is 0 Å². The van der Waals surface area contributed by atoms with Gasteiger partial charge >= 0.3 is 0 Å². The summed E-state index contributed by atoms with van der Waals surface area (Å²) < 4.78 is 26.8. The highest BCUT2D eigenvalue weighted by Crippen LogP contribution is 2.38. The minimum Gasteiger partial charge on any atom is -0.325 e. The van der Waals surface area contributed by atoms with E-state index in [9.17, 15) is 13.6 Å². The number of hydrogen-bond acceptors (Lipinski definition) is 2. The molecule has 0 radical (unpaired) electrons. The summed E-state index contributed by atoms with van der Waals surface area (Å²) in [5.41, 5.74) is 4.64. The number of aryl methyl sites for hydroxylation is 2. The van der Waals surface area contributed by atoms with E-state index in [-0.39, 0.29) is 28.0 Å². The van der Waals surface area contributed by atoms with Crippen molar-refractivity contribution < 1.29 is 13.6 Å². The second kappa shape index (κ2) is 9.23. The van der Waals surface area contributed by atoms with Gasteiger partial charge in [-0.05, 0) is 67.8 Å². The number of amides is 1. The van der Waals surface area contributed by atoms with Crippen LogP contribution in [0.15, 0.2) is 66.7 Å². The van der Waals surface area contributed by atoms with E-state index in [4.69, 9.17) is 0 Å². The van der Waals surface area contributed by atoms with Crippen LogP contribution in [-0.2, 0) is 4.79 Å². The fourth-order valence-corrected chi connectivity index (χ4v) is 4.30. The third-order valence-corrected chi connectivity index (χ3v) is 6.13. The molecular weight excluding hydrogens is 388 g/mol. The molecule has 5 heteroatoms. The zero-order valence-electron chi connectivity index (χ0n) is 16.6. The number of rotatable bonds is 6. The Hall–Kier alpha value is -2.66. The molecule has 0 spiro atoms. The highest BCUT2D eigenvalue weighted by Gasteiger charge is 2.23. The van der Waals surface area contributed by atoms with Crippen LogP contribution in [0, 0.1) is 25.5 Å². The van der Waals surface area contributed by atoms with Crippen molar-refractivity contribution in [1.29, 1.82) is 0 Å². The maximum Gasteiger partial charge on any atom is 0.237 e. The first-order valence-corrected chi connectivity index (χ1v) is 10.3. The summed E-state index contributed by atoms with van der Waals surface area (Å²) in [6.07, 6.45) is 0. The van der Waals surface area contributed by atoms with E-state index in [1.807, 2.05) is 39.0 Å². The Morgan fingerprint density at radius 1 is 0.862 bits per heavy atom. The highest BCUT2D eigenvalue weighted by atomic mass is 32.2. The van der Waals surface area contributed by atoms with Gasteiger partial charge in [-0.15, -0.1) is 11.8 Å². The van der Waals surface area contributed by atoms with Crippen LogP contribution < -0.4 is 5.32 Å². The van der Waals surface area contributed by atoms with Gasteiger partial charge in [0.25, 0.3) is 0 Å². The van der Waals surface area contributed by atoms with Crippen molar-refractivity contribution in [2.24, 2.45) is 0 Å². The van der Waals surface area contributed by atoms with Crippen molar-refractivity contribution in [2.45, 2.75) is 31.3 Å². The fraction of sp³-hybridized carbons (Fsp3) is 0.208. The van der Waals surface area contributed by atoms with Crippen LogP contribution >= 0.6 is 11.8 Å². The first kappa shape index (κ1) is 21.1. The van der Waals surface area contributed by atoms with Gasteiger partial charge in [-0.1, -0.05) is 42.0 Å². The molecule has 1 amide bonds. The molecule has 150 valence electrons. The fourth-order valence-electron chi connectivity index (χ4n) is 3.08. The van der Waals surface area contributed by atoms with Crippen molar-refractivity contribution in [3.63, 3.8) is 0 Å². The average Bonchev–Trinajstić information content (AvgIpc) is 2.69. The number of carbonyl (C=O) groups excluding carboxylic acids is 1. The predicted molar refractivity (Wildman–Crippen MR) is 116 cm³/mol. The lowest BCUT2D eigenvalue weighted by molar-refractivity contribution is -0.115.